The van der Waals surface area contributed by atoms with Gasteiger partial charge in [-0.3, -0.25) is 4.79 Å². The lowest BCUT2D eigenvalue weighted by atomic mass is 9.70. The molecule has 0 radical (unpaired) electrons. The van der Waals surface area contributed by atoms with Crippen LogP contribution < -0.4 is 5.32 Å². The molecule has 6 heteroatoms. The molecule has 0 aromatic rings. The number of hydrogen-bond acceptors (Lipinski definition) is 4. The van der Waals surface area contributed by atoms with Crippen molar-refractivity contribution in [3.63, 3.8) is 0 Å². The van der Waals surface area contributed by atoms with Crippen molar-refractivity contribution in [2.45, 2.75) is 53.1 Å². The van der Waals surface area contributed by atoms with Crippen LogP contribution in [0.5, 0.6) is 0 Å². The molecule has 0 aromatic carbocycles. The third-order valence-corrected chi connectivity index (χ3v) is 4.16. The Balaban J connectivity index is 2.76. The van der Waals surface area contributed by atoms with Crippen LogP contribution in [0.4, 0.5) is 4.79 Å². The van der Waals surface area contributed by atoms with Gasteiger partial charge in [0.15, 0.2) is 0 Å². The van der Waals surface area contributed by atoms with Gasteiger partial charge in [-0.25, -0.2) is 4.79 Å². The minimum Gasteiger partial charge on any atom is -0.481 e. The Kier molecular flexibility index (Phi) is 6.23. The molecule has 0 bridgehead atoms. The number of carbonyl (C=O) groups is 2. The van der Waals surface area contributed by atoms with Crippen LogP contribution in [0.3, 0.4) is 0 Å². The molecule has 2 N–H and O–H groups in total. The van der Waals surface area contributed by atoms with Crippen LogP contribution in [0.15, 0.2) is 0 Å². The van der Waals surface area contributed by atoms with E-state index < -0.39 is 23.1 Å². The zero-order chi connectivity index (χ0) is 17.0. The maximum atomic E-state index is 11.9. The molecular weight excluding hydrogens is 286 g/mol. The van der Waals surface area contributed by atoms with E-state index in [1.807, 2.05) is 13.8 Å². The summed E-state index contributed by atoms with van der Waals surface area (Å²) in [6.07, 6.45) is 0.783. The van der Waals surface area contributed by atoms with E-state index >= 15 is 0 Å². The van der Waals surface area contributed by atoms with Crippen LogP contribution in [0.1, 0.15) is 47.5 Å². The quantitative estimate of drug-likeness (QED) is 0.787. The first-order chi connectivity index (χ1) is 10.1. The number of hydrogen-bond donors (Lipinski definition) is 2. The molecule has 128 valence electrons. The summed E-state index contributed by atoms with van der Waals surface area (Å²) in [7, 11) is 0. The van der Waals surface area contributed by atoms with Gasteiger partial charge in [0.25, 0.3) is 0 Å². The van der Waals surface area contributed by atoms with Gasteiger partial charge >= 0.3 is 12.1 Å². The van der Waals surface area contributed by atoms with Crippen molar-refractivity contribution in [2.24, 2.45) is 17.3 Å². The highest BCUT2D eigenvalue weighted by molar-refractivity contribution is 5.77. The summed E-state index contributed by atoms with van der Waals surface area (Å²) < 4.78 is 10.5. The van der Waals surface area contributed by atoms with Gasteiger partial charge in [-0.1, -0.05) is 13.8 Å². The molecule has 1 heterocycles. The van der Waals surface area contributed by atoms with E-state index in [1.54, 1.807) is 20.8 Å². The fourth-order valence-corrected chi connectivity index (χ4v) is 2.73. The average molecular weight is 315 g/mol. The van der Waals surface area contributed by atoms with E-state index in [0.717, 1.165) is 6.42 Å². The molecule has 1 aliphatic heterocycles. The molecule has 0 spiro atoms. The Morgan fingerprint density at radius 2 is 2.00 bits per heavy atom. The van der Waals surface area contributed by atoms with Crippen molar-refractivity contribution in [2.75, 3.05) is 19.8 Å². The van der Waals surface area contributed by atoms with E-state index in [1.165, 1.54) is 0 Å². The number of aliphatic carboxylic acids is 1. The monoisotopic (exact) mass is 315 g/mol. The van der Waals surface area contributed by atoms with E-state index in [0.29, 0.717) is 19.6 Å². The van der Waals surface area contributed by atoms with Gasteiger partial charge < -0.3 is 19.9 Å². The molecule has 1 fully saturated rings. The van der Waals surface area contributed by atoms with Crippen molar-refractivity contribution in [3.8, 4) is 0 Å². The van der Waals surface area contributed by atoms with Gasteiger partial charge in [0, 0.05) is 19.8 Å². The SMILES string of the molecule is CC(C)C(CNC(=O)OC(C)(C)C)(CC1CCOC1)C(=O)O. The maximum absolute atomic E-state index is 11.9. The largest absolute Gasteiger partial charge is 0.481 e. The number of nitrogens with one attached hydrogen (secondary N) is 1. The Morgan fingerprint density at radius 1 is 1.36 bits per heavy atom. The van der Waals surface area contributed by atoms with Gasteiger partial charge in [-0.15, -0.1) is 0 Å². The molecule has 0 aliphatic carbocycles. The number of carbonyl (C=O) groups excluding carboxylic acids is 1. The number of amides is 1. The zero-order valence-electron chi connectivity index (χ0n) is 14.3. The molecule has 22 heavy (non-hydrogen) atoms. The minimum absolute atomic E-state index is 0.0609. The molecule has 1 saturated heterocycles. The predicted octanol–water partition coefficient (Wildman–Crippen LogP) is 2.66. The number of alkyl carbamates (subject to hydrolysis) is 1. The molecule has 6 nitrogen and oxygen atoms in total. The number of carboxylic acids is 1. The maximum Gasteiger partial charge on any atom is 0.407 e. The van der Waals surface area contributed by atoms with Gasteiger partial charge in [-0.2, -0.15) is 0 Å². The highest BCUT2D eigenvalue weighted by Crippen LogP contribution is 2.37. The summed E-state index contributed by atoms with van der Waals surface area (Å²) in [6.45, 7) is 10.4. The Bertz CT molecular complexity index is 396. The molecular formula is C16H29NO5. The third kappa shape index (κ3) is 5.16. The van der Waals surface area contributed by atoms with Crippen molar-refractivity contribution in [3.05, 3.63) is 0 Å². The predicted molar refractivity (Wildman–Crippen MR) is 82.7 cm³/mol. The Labute approximate surface area is 132 Å². The molecule has 2 unspecified atom stereocenters. The average Bonchev–Trinajstić information content (AvgIpc) is 2.84. The molecule has 0 aromatic heterocycles. The highest BCUT2D eigenvalue weighted by Gasteiger charge is 2.44. The molecule has 0 saturated carbocycles. The van der Waals surface area contributed by atoms with Crippen molar-refractivity contribution >= 4 is 12.1 Å². The van der Waals surface area contributed by atoms with Crippen LogP contribution in [0.2, 0.25) is 0 Å². The van der Waals surface area contributed by atoms with Crippen LogP contribution in [-0.4, -0.2) is 42.5 Å². The molecule has 2 atom stereocenters. The Morgan fingerprint density at radius 3 is 2.41 bits per heavy atom. The first-order valence-electron chi connectivity index (χ1n) is 7.85. The minimum atomic E-state index is -1.00. The van der Waals surface area contributed by atoms with Crippen LogP contribution in [0.25, 0.3) is 0 Å². The first kappa shape index (κ1) is 18.7. The van der Waals surface area contributed by atoms with Crippen molar-refractivity contribution in [1.82, 2.24) is 5.32 Å². The summed E-state index contributed by atoms with van der Waals surface area (Å²) in [4.78, 5) is 23.8. The van der Waals surface area contributed by atoms with Gasteiger partial charge in [0.2, 0.25) is 0 Å². The second kappa shape index (κ2) is 7.31. The van der Waals surface area contributed by atoms with Crippen molar-refractivity contribution in [1.29, 1.82) is 0 Å². The van der Waals surface area contributed by atoms with Gasteiger partial charge in [0.1, 0.15) is 5.60 Å². The molecule has 1 amide bonds. The van der Waals surface area contributed by atoms with Gasteiger partial charge in [-0.05, 0) is 45.4 Å². The third-order valence-electron chi connectivity index (χ3n) is 4.16. The summed E-state index contributed by atoms with van der Waals surface area (Å²) in [5, 5.41) is 12.4. The number of ether oxygens (including phenoxy) is 2. The molecule has 1 rings (SSSR count). The van der Waals surface area contributed by atoms with E-state index in [2.05, 4.69) is 5.32 Å². The van der Waals surface area contributed by atoms with Crippen LogP contribution in [0, 0.1) is 17.3 Å². The molecule has 1 aliphatic rings. The summed E-state index contributed by atoms with van der Waals surface area (Å²) in [6, 6.07) is 0. The van der Waals surface area contributed by atoms with Crippen molar-refractivity contribution < 1.29 is 24.2 Å². The topological polar surface area (TPSA) is 84.9 Å². The van der Waals surface area contributed by atoms with E-state index in [9.17, 15) is 14.7 Å². The van der Waals surface area contributed by atoms with Gasteiger partial charge in [0.05, 0.1) is 5.41 Å². The second-order valence-electron chi connectivity index (χ2n) is 7.41. The zero-order valence-corrected chi connectivity index (χ0v) is 14.3. The number of rotatable bonds is 6. The lowest BCUT2D eigenvalue weighted by Gasteiger charge is -2.35. The standard InChI is InChI=1S/C16H29NO5/c1-11(2)16(13(18)19,8-12-6-7-21-9-12)10-17-14(20)22-15(3,4)5/h11-12H,6-10H2,1-5H3,(H,17,20)(H,18,19). The van der Waals surface area contributed by atoms with Crippen LogP contribution in [-0.2, 0) is 14.3 Å². The van der Waals surface area contributed by atoms with E-state index in [4.69, 9.17) is 9.47 Å². The van der Waals surface area contributed by atoms with Crippen LogP contribution >= 0.6 is 0 Å². The smallest absolute Gasteiger partial charge is 0.407 e. The second-order valence-corrected chi connectivity index (χ2v) is 7.41. The summed E-state index contributed by atoms with van der Waals surface area (Å²) >= 11 is 0. The summed E-state index contributed by atoms with van der Waals surface area (Å²) in [5.41, 5.74) is -1.61. The normalized spacial score (nSPS) is 21.5. The first-order valence-corrected chi connectivity index (χ1v) is 7.85. The summed E-state index contributed by atoms with van der Waals surface area (Å²) in [5.74, 6) is -0.773. The van der Waals surface area contributed by atoms with E-state index in [-0.39, 0.29) is 18.4 Å². The number of carboxylic acid groups (broad SMARTS) is 1. The highest BCUT2D eigenvalue weighted by atomic mass is 16.6. The fourth-order valence-electron chi connectivity index (χ4n) is 2.73. The fraction of sp³-hybridized carbons (Fsp3) is 0.875. The lowest BCUT2D eigenvalue weighted by Crippen LogP contribution is -2.48. The Hall–Kier alpha value is -1.30. The lowest BCUT2D eigenvalue weighted by molar-refractivity contribution is -0.153.